The van der Waals surface area contributed by atoms with Gasteiger partial charge in [0.05, 0.1) is 6.54 Å². The summed E-state index contributed by atoms with van der Waals surface area (Å²) in [4.78, 5) is 13.4. The standard InChI is InChI=1S/C16H22ClNO2/c1-2-15(12-7-9-13(17)10-8-12)18(11-16(19)20)14-5-3-4-6-14/h7-10,14-15H,2-6,11H2,1H3,(H,19,20). The van der Waals surface area contributed by atoms with Crippen LogP contribution in [0.4, 0.5) is 0 Å². The van der Waals surface area contributed by atoms with Crippen LogP contribution in [0.3, 0.4) is 0 Å². The Kier molecular flexibility index (Phi) is 5.44. The van der Waals surface area contributed by atoms with Crippen LogP contribution in [0.5, 0.6) is 0 Å². The molecule has 1 unspecified atom stereocenters. The van der Waals surface area contributed by atoms with Gasteiger partial charge in [-0.1, -0.05) is 43.5 Å². The Hall–Kier alpha value is -1.06. The summed E-state index contributed by atoms with van der Waals surface area (Å²) >= 11 is 5.94. The van der Waals surface area contributed by atoms with Gasteiger partial charge in [-0.05, 0) is 37.0 Å². The van der Waals surface area contributed by atoms with Gasteiger partial charge in [0.1, 0.15) is 0 Å². The van der Waals surface area contributed by atoms with Gasteiger partial charge >= 0.3 is 5.97 Å². The number of carboxylic acid groups (broad SMARTS) is 1. The Morgan fingerprint density at radius 3 is 2.45 bits per heavy atom. The van der Waals surface area contributed by atoms with E-state index in [4.69, 9.17) is 11.6 Å². The third kappa shape index (κ3) is 3.74. The summed E-state index contributed by atoms with van der Waals surface area (Å²) in [6, 6.07) is 8.35. The molecule has 110 valence electrons. The van der Waals surface area contributed by atoms with Crippen molar-refractivity contribution in [1.29, 1.82) is 0 Å². The molecule has 0 heterocycles. The molecule has 0 saturated heterocycles. The number of hydrogen-bond acceptors (Lipinski definition) is 2. The number of carboxylic acids is 1. The van der Waals surface area contributed by atoms with E-state index in [1.54, 1.807) is 0 Å². The topological polar surface area (TPSA) is 40.5 Å². The van der Waals surface area contributed by atoms with Crippen molar-refractivity contribution in [3.05, 3.63) is 34.9 Å². The second-order valence-electron chi connectivity index (χ2n) is 5.48. The van der Waals surface area contributed by atoms with Crippen molar-refractivity contribution in [2.75, 3.05) is 6.54 Å². The Balaban J connectivity index is 2.23. The molecule has 1 fully saturated rings. The minimum absolute atomic E-state index is 0.117. The summed E-state index contributed by atoms with van der Waals surface area (Å²) in [5.41, 5.74) is 1.16. The first-order chi connectivity index (χ1) is 9.61. The van der Waals surface area contributed by atoms with Crippen LogP contribution in [0.25, 0.3) is 0 Å². The van der Waals surface area contributed by atoms with E-state index >= 15 is 0 Å². The normalized spacial score (nSPS) is 17.6. The van der Waals surface area contributed by atoms with Crippen molar-refractivity contribution < 1.29 is 9.90 Å². The number of hydrogen-bond donors (Lipinski definition) is 1. The van der Waals surface area contributed by atoms with E-state index in [9.17, 15) is 9.90 Å². The second-order valence-corrected chi connectivity index (χ2v) is 5.92. The van der Waals surface area contributed by atoms with Crippen molar-refractivity contribution in [2.45, 2.75) is 51.1 Å². The van der Waals surface area contributed by atoms with Gasteiger partial charge in [-0.25, -0.2) is 0 Å². The number of nitrogens with zero attached hydrogens (tertiary/aromatic N) is 1. The van der Waals surface area contributed by atoms with Gasteiger partial charge in [0.25, 0.3) is 0 Å². The molecule has 1 aromatic rings. The SMILES string of the molecule is CCC(c1ccc(Cl)cc1)N(CC(=O)O)C1CCCC1. The first kappa shape index (κ1) is 15.3. The monoisotopic (exact) mass is 295 g/mol. The fourth-order valence-corrected chi connectivity index (χ4v) is 3.36. The number of carbonyl (C=O) groups is 1. The first-order valence-electron chi connectivity index (χ1n) is 7.34. The van der Waals surface area contributed by atoms with E-state index < -0.39 is 5.97 Å². The highest BCUT2D eigenvalue weighted by Crippen LogP contribution is 2.33. The fourth-order valence-electron chi connectivity index (χ4n) is 3.23. The average Bonchev–Trinajstić information content (AvgIpc) is 2.94. The van der Waals surface area contributed by atoms with Crippen molar-refractivity contribution >= 4 is 17.6 Å². The Morgan fingerprint density at radius 1 is 1.35 bits per heavy atom. The molecule has 0 aliphatic heterocycles. The van der Waals surface area contributed by atoms with Crippen molar-refractivity contribution in [2.24, 2.45) is 0 Å². The smallest absolute Gasteiger partial charge is 0.317 e. The van der Waals surface area contributed by atoms with Gasteiger partial charge < -0.3 is 5.11 Å². The average molecular weight is 296 g/mol. The Labute approximate surface area is 125 Å². The molecule has 0 aromatic heterocycles. The Morgan fingerprint density at radius 2 is 1.95 bits per heavy atom. The zero-order valence-electron chi connectivity index (χ0n) is 11.9. The summed E-state index contributed by atoms with van der Waals surface area (Å²) in [5.74, 6) is -0.746. The molecule has 20 heavy (non-hydrogen) atoms. The van der Waals surface area contributed by atoms with Gasteiger partial charge in [-0.3, -0.25) is 9.69 Å². The molecule has 1 aromatic carbocycles. The first-order valence-corrected chi connectivity index (χ1v) is 7.72. The quantitative estimate of drug-likeness (QED) is 0.858. The molecule has 1 aliphatic carbocycles. The molecule has 0 spiro atoms. The summed E-state index contributed by atoms with van der Waals surface area (Å²) in [5, 5.41) is 9.93. The molecule has 1 aliphatic rings. The van der Waals surface area contributed by atoms with Crippen LogP contribution in [-0.4, -0.2) is 28.6 Å². The third-order valence-corrected chi connectivity index (χ3v) is 4.41. The predicted octanol–water partition coefficient (Wildman–Crippen LogP) is 4.12. The van der Waals surface area contributed by atoms with E-state index in [1.165, 1.54) is 12.8 Å². The third-order valence-electron chi connectivity index (χ3n) is 4.15. The minimum Gasteiger partial charge on any atom is -0.480 e. The number of halogens is 1. The van der Waals surface area contributed by atoms with Crippen LogP contribution in [0.15, 0.2) is 24.3 Å². The molecular weight excluding hydrogens is 274 g/mol. The molecule has 0 amide bonds. The zero-order valence-corrected chi connectivity index (χ0v) is 12.6. The van der Waals surface area contributed by atoms with Crippen LogP contribution >= 0.6 is 11.6 Å². The molecule has 3 nitrogen and oxygen atoms in total. The van der Waals surface area contributed by atoms with E-state index in [-0.39, 0.29) is 12.6 Å². The molecule has 4 heteroatoms. The van der Waals surface area contributed by atoms with E-state index in [1.807, 2.05) is 24.3 Å². The second kappa shape index (κ2) is 7.09. The predicted molar refractivity (Wildman–Crippen MR) is 81.1 cm³/mol. The largest absolute Gasteiger partial charge is 0.480 e. The van der Waals surface area contributed by atoms with E-state index in [0.717, 1.165) is 24.8 Å². The molecule has 2 rings (SSSR count). The van der Waals surface area contributed by atoms with Gasteiger partial charge in [-0.2, -0.15) is 0 Å². The highest BCUT2D eigenvalue weighted by atomic mass is 35.5. The minimum atomic E-state index is -0.746. The highest BCUT2D eigenvalue weighted by molar-refractivity contribution is 6.30. The van der Waals surface area contributed by atoms with Crippen LogP contribution in [-0.2, 0) is 4.79 Å². The maximum atomic E-state index is 11.2. The molecule has 0 bridgehead atoms. The van der Waals surface area contributed by atoms with E-state index in [2.05, 4.69) is 11.8 Å². The lowest BCUT2D eigenvalue weighted by atomic mass is 10.00. The molecular formula is C16H22ClNO2. The summed E-state index contributed by atoms with van der Waals surface area (Å²) in [6.07, 6.45) is 5.54. The van der Waals surface area contributed by atoms with Crippen LogP contribution in [0.1, 0.15) is 50.6 Å². The van der Waals surface area contributed by atoms with Gasteiger partial charge in [0.2, 0.25) is 0 Å². The maximum Gasteiger partial charge on any atom is 0.317 e. The van der Waals surface area contributed by atoms with Gasteiger partial charge in [-0.15, -0.1) is 0 Å². The molecule has 1 saturated carbocycles. The van der Waals surface area contributed by atoms with Crippen molar-refractivity contribution in [3.63, 3.8) is 0 Å². The highest BCUT2D eigenvalue weighted by Gasteiger charge is 2.30. The lowest BCUT2D eigenvalue weighted by Gasteiger charge is -2.35. The molecule has 1 atom stereocenters. The molecule has 1 N–H and O–H groups in total. The van der Waals surface area contributed by atoms with Crippen LogP contribution in [0, 0.1) is 0 Å². The number of rotatable bonds is 6. The lowest BCUT2D eigenvalue weighted by Crippen LogP contribution is -2.40. The number of aliphatic carboxylic acids is 1. The van der Waals surface area contributed by atoms with Gasteiger partial charge in [0.15, 0.2) is 0 Å². The fraction of sp³-hybridized carbons (Fsp3) is 0.562. The van der Waals surface area contributed by atoms with Crippen LogP contribution < -0.4 is 0 Å². The molecule has 0 radical (unpaired) electrons. The maximum absolute atomic E-state index is 11.2. The van der Waals surface area contributed by atoms with Crippen molar-refractivity contribution in [1.82, 2.24) is 4.90 Å². The summed E-state index contributed by atoms with van der Waals surface area (Å²) in [7, 11) is 0. The summed E-state index contributed by atoms with van der Waals surface area (Å²) in [6.45, 7) is 2.23. The van der Waals surface area contributed by atoms with Crippen molar-refractivity contribution in [3.8, 4) is 0 Å². The van der Waals surface area contributed by atoms with E-state index in [0.29, 0.717) is 11.1 Å². The number of benzene rings is 1. The lowest BCUT2D eigenvalue weighted by molar-refractivity contribution is -0.139. The Bertz CT molecular complexity index is 440. The van der Waals surface area contributed by atoms with Gasteiger partial charge in [0, 0.05) is 17.1 Å². The zero-order chi connectivity index (χ0) is 14.5. The van der Waals surface area contributed by atoms with Crippen LogP contribution in [0.2, 0.25) is 5.02 Å². The summed E-state index contributed by atoms with van der Waals surface area (Å²) < 4.78 is 0.